The molecule has 0 aliphatic carbocycles. The van der Waals surface area contributed by atoms with E-state index in [0.717, 1.165) is 5.56 Å². The third-order valence-corrected chi connectivity index (χ3v) is 4.21. The molecule has 3 rings (SSSR count). The molecule has 6 heteroatoms. The monoisotopic (exact) mass is 327 g/mol. The number of nitrogens with one attached hydrogen (secondary N) is 1. The van der Waals surface area contributed by atoms with Crippen LogP contribution in [-0.4, -0.2) is 24.4 Å². The number of amides is 2. The van der Waals surface area contributed by atoms with Crippen molar-refractivity contribution in [3.05, 3.63) is 59.4 Å². The van der Waals surface area contributed by atoms with Crippen LogP contribution in [0.2, 0.25) is 0 Å². The summed E-state index contributed by atoms with van der Waals surface area (Å²) in [6, 6.07) is 10.9. The molecule has 1 saturated heterocycles. The number of anilines is 2. The molecular weight excluding hydrogens is 309 g/mol. The van der Waals surface area contributed by atoms with Crippen LogP contribution in [0.25, 0.3) is 0 Å². The van der Waals surface area contributed by atoms with Crippen molar-refractivity contribution in [2.45, 2.75) is 19.4 Å². The topological polar surface area (TPSA) is 75.4 Å². The van der Waals surface area contributed by atoms with Crippen molar-refractivity contribution in [3.63, 3.8) is 0 Å². The molecule has 2 aromatic carbocycles. The van der Waals surface area contributed by atoms with Gasteiger partial charge in [0.05, 0.1) is 16.9 Å². The van der Waals surface area contributed by atoms with Crippen LogP contribution in [0.15, 0.2) is 42.5 Å². The minimum Gasteiger partial charge on any atom is -0.373 e. The average molecular weight is 327 g/mol. The van der Waals surface area contributed by atoms with Gasteiger partial charge in [0.25, 0.3) is 5.91 Å². The van der Waals surface area contributed by atoms with Crippen molar-refractivity contribution in [3.8, 4) is 0 Å². The molecule has 0 radical (unpaired) electrons. The van der Waals surface area contributed by atoms with Gasteiger partial charge in [-0.15, -0.1) is 0 Å². The number of halogens is 1. The summed E-state index contributed by atoms with van der Waals surface area (Å²) in [5.74, 6) is -1.21. The average Bonchev–Trinajstić information content (AvgIpc) is 2.90. The summed E-state index contributed by atoms with van der Waals surface area (Å²) in [5, 5.41) is 3.11. The van der Waals surface area contributed by atoms with E-state index in [-0.39, 0.29) is 11.6 Å². The van der Waals surface area contributed by atoms with Gasteiger partial charge in [-0.05, 0) is 37.1 Å². The second kappa shape index (κ2) is 6.31. The first-order chi connectivity index (χ1) is 11.5. The quantitative estimate of drug-likeness (QED) is 0.906. The highest BCUT2D eigenvalue weighted by atomic mass is 19.1. The lowest BCUT2D eigenvalue weighted by Gasteiger charge is -2.20. The third kappa shape index (κ3) is 2.82. The molecule has 1 heterocycles. The van der Waals surface area contributed by atoms with Gasteiger partial charge in [-0.25, -0.2) is 4.39 Å². The van der Waals surface area contributed by atoms with Gasteiger partial charge in [0.15, 0.2) is 0 Å². The van der Waals surface area contributed by atoms with Crippen LogP contribution in [0.3, 0.4) is 0 Å². The molecule has 0 unspecified atom stereocenters. The highest BCUT2D eigenvalue weighted by Crippen LogP contribution is 2.28. The Hall–Kier alpha value is -2.89. The van der Waals surface area contributed by atoms with Crippen LogP contribution in [0.1, 0.15) is 22.3 Å². The molecule has 1 aliphatic rings. The zero-order valence-electron chi connectivity index (χ0n) is 13.3. The molecule has 2 amide bonds. The lowest BCUT2D eigenvalue weighted by molar-refractivity contribution is -0.117. The number of hydrogen-bond donors (Lipinski definition) is 2. The van der Waals surface area contributed by atoms with E-state index in [4.69, 9.17) is 5.73 Å². The van der Waals surface area contributed by atoms with Gasteiger partial charge in [-0.1, -0.05) is 24.3 Å². The number of nitrogens with two attached hydrogens (primary N) is 1. The van der Waals surface area contributed by atoms with Crippen molar-refractivity contribution >= 4 is 23.2 Å². The van der Waals surface area contributed by atoms with Gasteiger partial charge in [0.1, 0.15) is 11.9 Å². The Balaban J connectivity index is 1.85. The second-order valence-corrected chi connectivity index (χ2v) is 5.79. The Morgan fingerprint density at radius 2 is 2.00 bits per heavy atom. The molecular formula is C18H18FN3O2. The van der Waals surface area contributed by atoms with Crippen LogP contribution in [0.5, 0.6) is 0 Å². The van der Waals surface area contributed by atoms with Crippen LogP contribution in [0, 0.1) is 12.7 Å². The number of aryl methyl sites for hydroxylation is 1. The van der Waals surface area contributed by atoms with Crippen molar-refractivity contribution < 1.29 is 14.0 Å². The zero-order valence-corrected chi connectivity index (χ0v) is 13.3. The Morgan fingerprint density at radius 3 is 2.71 bits per heavy atom. The first-order valence-electron chi connectivity index (χ1n) is 7.71. The summed E-state index contributed by atoms with van der Waals surface area (Å²) in [7, 11) is 0. The maximum Gasteiger partial charge on any atom is 0.250 e. The fourth-order valence-corrected chi connectivity index (χ4v) is 2.96. The van der Waals surface area contributed by atoms with Gasteiger partial charge in [0, 0.05) is 6.54 Å². The maximum absolute atomic E-state index is 13.9. The van der Waals surface area contributed by atoms with E-state index in [1.165, 1.54) is 11.0 Å². The minimum atomic E-state index is -0.558. The maximum atomic E-state index is 13.9. The molecule has 0 spiro atoms. The Labute approximate surface area is 139 Å². The normalized spacial score (nSPS) is 17.2. The highest BCUT2D eigenvalue weighted by Gasteiger charge is 2.34. The van der Waals surface area contributed by atoms with Crippen LogP contribution in [0.4, 0.5) is 15.8 Å². The molecule has 24 heavy (non-hydrogen) atoms. The van der Waals surface area contributed by atoms with Gasteiger partial charge in [-0.2, -0.15) is 0 Å². The third-order valence-electron chi connectivity index (χ3n) is 4.21. The molecule has 5 nitrogen and oxygen atoms in total. The van der Waals surface area contributed by atoms with E-state index < -0.39 is 17.8 Å². The van der Waals surface area contributed by atoms with E-state index in [0.29, 0.717) is 24.2 Å². The van der Waals surface area contributed by atoms with E-state index in [1.54, 1.807) is 30.3 Å². The summed E-state index contributed by atoms with van der Waals surface area (Å²) in [6.45, 7) is 2.25. The minimum absolute atomic E-state index is 0.223. The molecule has 1 fully saturated rings. The van der Waals surface area contributed by atoms with E-state index >= 15 is 0 Å². The molecule has 2 aromatic rings. The van der Waals surface area contributed by atoms with Crippen molar-refractivity contribution in [2.24, 2.45) is 5.73 Å². The first kappa shape index (κ1) is 16.0. The van der Waals surface area contributed by atoms with Gasteiger partial charge in [0.2, 0.25) is 5.91 Å². The van der Waals surface area contributed by atoms with E-state index in [1.807, 2.05) is 13.0 Å². The Kier molecular flexibility index (Phi) is 4.20. The molecule has 0 bridgehead atoms. The molecule has 3 N–H and O–H groups in total. The summed E-state index contributed by atoms with van der Waals surface area (Å²) < 4.78 is 13.9. The van der Waals surface area contributed by atoms with Crippen molar-refractivity contribution in [1.82, 2.24) is 0 Å². The fraction of sp³-hybridized carbons (Fsp3) is 0.222. The standard InChI is InChI=1S/C18H18FN3O2/c1-11-5-4-6-12(17(20)23)16(11)21-14-9-10-22(18(14)24)15-8-3-2-7-13(15)19/h2-8,14,21H,9-10H2,1H3,(H2,20,23)/t14-/m0/s1. The summed E-state index contributed by atoms with van der Waals surface area (Å²) in [4.78, 5) is 25.7. The van der Waals surface area contributed by atoms with Gasteiger partial charge in [-0.3, -0.25) is 9.59 Å². The predicted octanol–water partition coefficient (Wildman–Crippen LogP) is 2.45. The number of benzene rings is 2. The van der Waals surface area contributed by atoms with Crippen molar-refractivity contribution in [2.75, 3.05) is 16.8 Å². The SMILES string of the molecule is Cc1cccc(C(N)=O)c1N[C@H]1CCN(c2ccccc2F)C1=O. The zero-order chi connectivity index (χ0) is 17.3. The molecule has 0 saturated carbocycles. The smallest absolute Gasteiger partial charge is 0.250 e. The molecule has 1 atom stereocenters. The van der Waals surface area contributed by atoms with Gasteiger partial charge < -0.3 is 16.0 Å². The van der Waals surface area contributed by atoms with Crippen LogP contribution in [-0.2, 0) is 4.79 Å². The molecule has 124 valence electrons. The van der Waals surface area contributed by atoms with E-state index in [9.17, 15) is 14.0 Å². The number of carbonyl (C=O) groups is 2. The lowest BCUT2D eigenvalue weighted by atomic mass is 10.1. The van der Waals surface area contributed by atoms with Crippen LogP contribution < -0.4 is 16.0 Å². The summed E-state index contributed by atoms with van der Waals surface area (Å²) in [5.41, 5.74) is 7.39. The molecule has 0 aromatic heterocycles. The van der Waals surface area contributed by atoms with Crippen LogP contribution >= 0.6 is 0 Å². The predicted molar refractivity (Wildman–Crippen MR) is 90.5 cm³/mol. The van der Waals surface area contributed by atoms with E-state index in [2.05, 4.69) is 5.32 Å². The summed E-state index contributed by atoms with van der Waals surface area (Å²) in [6.07, 6.45) is 0.514. The summed E-state index contributed by atoms with van der Waals surface area (Å²) >= 11 is 0. The van der Waals surface area contributed by atoms with Crippen molar-refractivity contribution in [1.29, 1.82) is 0 Å². The number of para-hydroxylation sites is 2. The Bertz CT molecular complexity index is 807. The van der Waals surface area contributed by atoms with Gasteiger partial charge >= 0.3 is 0 Å². The highest BCUT2D eigenvalue weighted by molar-refractivity contribution is 6.03. The number of hydrogen-bond acceptors (Lipinski definition) is 3. The Morgan fingerprint density at radius 1 is 1.25 bits per heavy atom. The first-order valence-corrected chi connectivity index (χ1v) is 7.71. The number of carbonyl (C=O) groups excluding carboxylic acids is 2. The number of nitrogens with zero attached hydrogens (tertiary/aromatic N) is 1. The second-order valence-electron chi connectivity index (χ2n) is 5.79. The molecule has 1 aliphatic heterocycles. The number of rotatable bonds is 4. The fourth-order valence-electron chi connectivity index (χ4n) is 2.96. The largest absolute Gasteiger partial charge is 0.373 e. The lowest BCUT2D eigenvalue weighted by Crippen LogP contribution is -2.34. The number of primary amides is 1.